The van der Waals surface area contributed by atoms with E-state index in [4.69, 9.17) is 4.74 Å². The first-order valence-corrected chi connectivity index (χ1v) is 7.51. The predicted octanol–water partition coefficient (Wildman–Crippen LogP) is 0.439. The molecule has 0 fully saturated rings. The molecular weight excluding hydrogens is 296 g/mol. The number of H-pyrrole nitrogens is 1. The van der Waals surface area contributed by atoms with Crippen LogP contribution in [-0.4, -0.2) is 35.5 Å². The third-order valence-electron chi connectivity index (χ3n) is 2.60. The lowest BCUT2D eigenvalue weighted by molar-refractivity contribution is 0.377. The zero-order chi connectivity index (χ0) is 15.6. The second kappa shape index (κ2) is 5.66. The van der Waals surface area contributed by atoms with Crippen molar-refractivity contribution in [2.45, 2.75) is 25.7 Å². The van der Waals surface area contributed by atoms with E-state index in [0.29, 0.717) is 11.5 Å². The van der Waals surface area contributed by atoms with Gasteiger partial charge in [-0.3, -0.25) is 5.43 Å². The molecule has 9 nitrogen and oxygen atoms in total. The summed E-state index contributed by atoms with van der Waals surface area (Å²) in [5.74, 6) is 0.449. The van der Waals surface area contributed by atoms with Gasteiger partial charge in [-0.25, -0.2) is 8.42 Å². The van der Waals surface area contributed by atoms with E-state index in [1.165, 1.54) is 7.11 Å². The van der Waals surface area contributed by atoms with Crippen molar-refractivity contribution >= 4 is 16.0 Å². The molecule has 0 aromatic carbocycles. The van der Waals surface area contributed by atoms with Gasteiger partial charge in [0.25, 0.3) is 10.0 Å². The van der Waals surface area contributed by atoms with Crippen molar-refractivity contribution in [2.24, 2.45) is 0 Å². The summed E-state index contributed by atoms with van der Waals surface area (Å²) in [6.07, 6.45) is 0. The fourth-order valence-electron chi connectivity index (χ4n) is 1.75. The number of nitrogens with one attached hydrogen (secondary N) is 3. The quantitative estimate of drug-likeness (QED) is 0.685. The third-order valence-corrected chi connectivity index (χ3v) is 3.97. The van der Waals surface area contributed by atoms with Gasteiger partial charge < -0.3 is 9.72 Å². The number of aromatic nitrogens is 4. The molecule has 114 valence electrons. The minimum atomic E-state index is -3.73. The summed E-state index contributed by atoms with van der Waals surface area (Å²) in [4.78, 5) is 17.1. The molecule has 3 N–H and O–H groups in total. The topological polar surface area (TPSA) is 122 Å². The highest BCUT2D eigenvalue weighted by Gasteiger charge is 2.19. The average molecular weight is 312 g/mol. The van der Waals surface area contributed by atoms with Crippen molar-refractivity contribution in [1.29, 1.82) is 0 Å². The summed E-state index contributed by atoms with van der Waals surface area (Å²) < 4.78 is 29.3. The van der Waals surface area contributed by atoms with Gasteiger partial charge in [0.1, 0.15) is 10.7 Å². The summed E-state index contributed by atoms with van der Waals surface area (Å²) in [6.45, 7) is 5.10. The highest BCUT2D eigenvalue weighted by molar-refractivity contribution is 7.89. The van der Waals surface area contributed by atoms with E-state index < -0.39 is 10.0 Å². The van der Waals surface area contributed by atoms with Crippen molar-refractivity contribution in [2.75, 3.05) is 12.5 Å². The van der Waals surface area contributed by atoms with E-state index in [2.05, 4.69) is 30.2 Å². The minimum Gasteiger partial charge on any atom is -0.467 e. The van der Waals surface area contributed by atoms with Crippen LogP contribution >= 0.6 is 0 Å². The largest absolute Gasteiger partial charge is 0.467 e. The monoisotopic (exact) mass is 312 g/mol. The van der Waals surface area contributed by atoms with Crippen molar-refractivity contribution in [3.05, 3.63) is 23.3 Å². The summed E-state index contributed by atoms with van der Waals surface area (Å²) in [6, 6.07) is 1.64. The number of hydrazine groups is 1. The van der Waals surface area contributed by atoms with Crippen molar-refractivity contribution < 1.29 is 13.2 Å². The standard InChI is InChI=1S/C11H16N6O3S/c1-6-5-9(7(2)12-6)21(18,19)17-16-10-13-8(3)14-11(15-10)20-4/h5,12,17H,1-4H3,(H,13,14,15,16). The average Bonchev–Trinajstić information content (AvgIpc) is 2.76. The van der Waals surface area contributed by atoms with Crippen molar-refractivity contribution in [3.8, 4) is 6.01 Å². The number of anilines is 1. The summed E-state index contributed by atoms with van der Waals surface area (Å²) in [7, 11) is -2.32. The number of hydrogen-bond acceptors (Lipinski definition) is 7. The lowest BCUT2D eigenvalue weighted by Gasteiger charge is -2.08. The highest BCUT2D eigenvalue weighted by atomic mass is 32.2. The van der Waals surface area contributed by atoms with E-state index in [9.17, 15) is 8.42 Å². The molecule has 0 aliphatic carbocycles. The van der Waals surface area contributed by atoms with Gasteiger partial charge in [-0.1, -0.05) is 0 Å². The Morgan fingerprint density at radius 2 is 1.90 bits per heavy atom. The predicted molar refractivity (Wildman–Crippen MR) is 75.3 cm³/mol. The molecule has 0 spiro atoms. The second-order valence-electron chi connectivity index (χ2n) is 4.37. The van der Waals surface area contributed by atoms with Crippen molar-refractivity contribution in [1.82, 2.24) is 24.8 Å². The normalized spacial score (nSPS) is 11.4. The van der Waals surface area contributed by atoms with Crippen LogP contribution in [0.5, 0.6) is 6.01 Å². The van der Waals surface area contributed by atoms with Gasteiger partial charge in [-0.15, -0.1) is 4.83 Å². The number of methoxy groups -OCH3 is 1. The fraction of sp³-hybridized carbons (Fsp3) is 0.364. The summed E-state index contributed by atoms with van der Waals surface area (Å²) >= 11 is 0. The number of nitrogens with zero attached hydrogens (tertiary/aromatic N) is 3. The molecule has 0 atom stereocenters. The summed E-state index contributed by atoms with van der Waals surface area (Å²) in [5.41, 5.74) is 3.74. The molecule has 10 heteroatoms. The minimum absolute atomic E-state index is 0.0489. The summed E-state index contributed by atoms with van der Waals surface area (Å²) in [5, 5.41) is 0. The molecule has 0 bridgehead atoms. The first kappa shape index (κ1) is 15.2. The Balaban J connectivity index is 2.19. The zero-order valence-corrected chi connectivity index (χ0v) is 12.9. The van der Waals surface area contributed by atoms with Crippen LogP contribution in [0.1, 0.15) is 17.2 Å². The van der Waals surface area contributed by atoms with Gasteiger partial charge in [-0.2, -0.15) is 15.0 Å². The van der Waals surface area contributed by atoms with E-state index in [1.54, 1.807) is 26.8 Å². The number of sulfonamides is 1. The molecular formula is C11H16N6O3S. The van der Waals surface area contributed by atoms with Gasteiger partial charge in [-0.05, 0) is 26.8 Å². The van der Waals surface area contributed by atoms with E-state index in [0.717, 1.165) is 5.69 Å². The maximum absolute atomic E-state index is 12.2. The highest BCUT2D eigenvalue weighted by Crippen LogP contribution is 2.15. The molecule has 2 heterocycles. The number of aromatic amines is 1. The Morgan fingerprint density at radius 1 is 1.19 bits per heavy atom. The fourth-order valence-corrected chi connectivity index (χ4v) is 2.87. The molecule has 0 aliphatic rings. The number of hydrogen-bond donors (Lipinski definition) is 3. The SMILES string of the molecule is COc1nc(C)nc(NNS(=O)(=O)c2cc(C)[nH]c2C)n1. The molecule has 21 heavy (non-hydrogen) atoms. The molecule has 2 aromatic heterocycles. The first-order chi connectivity index (χ1) is 9.81. The number of aryl methyl sites for hydroxylation is 3. The Labute approximate surface area is 122 Å². The van der Waals surface area contributed by atoms with Gasteiger partial charge in [0.2, 0.25) is 5.95 Å². The number of rotatable bonds is 5. The van der Waals surface area contributed by atoms with Crippen LogP contribution in [-0.2, 0) is 10.0 Å². The molecule has 0 saturated carbocycles. The van der Waals surface area contributed by atoms with Crippen LogP contribution < -0.4 is 15.0 Å². The maximum atomic E-state index is 12.2. The van der Waals surface area contributed by atoms with E-state index in [-0.39, 0.29) is 16.9 Å². The Hall–Kier alpha value is -2.20. The van der Waals surface area contributed by atoms with Gasteiger partial charge in [0.15, 0.2) is 0 Å². The van der Waals surface area contributed by atoms with Gasteiger partial charge in [0.05, 0.1) is 7.11 Å². The van der Waals surface area contributed by atoms with Crippen molar-refractivity contribution in [3.63, 3.8) is 0 Å². The first-order valence-electron chi connectivity index (χ1n) is 6.02. The van der Waals surface area contributed by atoms with Crippen LogP contribution in [0.3, 0.4) is 0 Å². The maximum Gasteiger partial charge on any atom is 0.321 e. The van der Waals surface area contributed by atoms with Gasteiger partial charge in [0, 0.05) is 11.4 Å². The van der Waals surface area contributed by atoms with E-state index >= 15 is 0 Å². The molecule has 0 aliphatic heterocycles. The molecule has 0 amide bonds. The second-order valence-corrected chi connectivity index (χ2v) is 6.02. The van der Waals surface area contributed by atoms with Crippen LogP contribution in [0, 0.1) is 20.8 Å². The third kappa shape index (κ3) is 3.47. The number of ether oxygens (including phenoxy) is 1. The Kier molecular flexibility index (Phi) is 4.09. The van der Waals surface area contributed by atoms with Crippen LogP contribution in [0.2, 0.25) is 0 Å². The smallest absolute Gasteiger partial charge is 0.321 e. The van der Waals surface area contributed by atoms with Crippen LogP contribution in [0.4, 0.5) is 5.95 Å². The van der Waals surface area contributed by atoms with E-state index in [1.807, 2.05) is 0 Å². The molecule has 0 saturated heterocycles. The molecule has 0 radical (unpaired) electrons. The zero-order valence-electron chi connectivity index (χ0n) is 12.1. The van der Waals surface area contributed by atoms with Crippen LogP contribution in [0.25, 0.3) is 0 Å². The molecule has 2 rings (SSSR count). The molecule has 2 aromatic rings. The lowest BCUT2D eigenvalue weighted by Crippen LogP contribution is -2.31. The molecule has 0 unspecified atom stereocenters. The Bertz CT molecular complexity index is 755. The lowest BCUT2D eigenvalue weighted by atomic mass is 10.4. The van der Waals surface area contributed by atoms with Crippen LogP contribution in [0.15, 0.2) is 11.0 Å². The Morgan fingerprint density at radius 3 is 2.48 bits per heavy atom. The van der Waals surface area contributed by atoms with Gasteiger partial charge >= 0.3 is 6.01 Å².